The number of allylic oxidation sites excluding steroid dienone is 1. The maximum atomic E-state index is 5.34. The number of rotatable bonds is 1. The summed E-state index contributed by atoms with van der Waals surface area (Å²) in [7, 11) is 0. The average molecular weight is 166 g/mol. The van der Waals surface area contributed by atoms with Crippen molar-refractivity contribution in [1.29, 1.82) is 0 Å². The van der Waals surface area contributed by atoms with Crippen molar-refractivity contribution < 1.29 is 9.15 Å². The highest BCUT2D eigenvalue weighted by atomic mass is 16.5. The summed E-state index contributed by atoms with van der Waals surface area (Å²) in [4.78, 5) is 0. The summed E-state index contributed by atoms with van der Waals surface area (Å²) < 4.78 is 10.5. The van der Waals surface area contributed by atoms with Crippen molar-refractivity contribution in [2.75, 3.05) is 6.61 Å². The maximum absolute atomic E-state index is 5.34. The Morgan fingerprint density at radius 3 is 2.92 bits per heavy atom. The molecule has 4 nitrogen and oxygen atoms in total. The summed E-state index contributed by atoms with van der Waals surface area (Å²) in [5, 5.41) is 7.58. The molecule has 2 rings (SSSR count). The van der Waals surface area contributed by atoms with Crippen LogP contribution < -0.4 is 0 Å². The molecule has 0 aliphatic carbocycles. The van der Waals surface area contributed by atoms with Gasteiger partial charge in [-0.2, -0.15) is 0 Å². The molecule has 0 bridgehead atoms. The van der Waals surface area contributed by atoms with Crippen molar-refractivity contribution in [3.05, 3.63) is 17.9 Å². The minimum Gasteiger partial charge on any atom is -0.488 e. The second kappa shape index (κ2) is 2.97. The van der Waals surface area contributed by atoms with E-state index in [9.17, 15) is 0 Å². The first-order valence-electron chi connectivity index (χ1n) is 4.00. The zero-order valence-corrected chi connectivity index (χ0v) is 6.91. The van der Waals surface area contributed by atoms with Crippen LogP contribution in [0.5, 0.6) is 0 Å². The Balaban J connectivity index is 2.23. The molecule has 1 aliphatic heterocycles. The van der Waals surface area contributed by atoms with E-state index >= 15 is 0 Å². The number of hydrogen-bond acceptors (Lipinski definition) is 4. The largest absolute Gasteiger partial charge is 0.488 e. The second-order valence-electron chi connectivity index (χ2n) is 2.69. The fourth-order valence-corrected chi connectivity index (χ4v) is 1.10. The van der Waals surface area contributed by atoms with Crippen LogP contribution in [0.4, 0.5) is 0 Å². The van der Waals surface area contributed by atoms with Gasteiger partial charge in [-0.05, 0) is 18.9 Å². The van der Waals surface area contributed by atoms with E-state index in [0.717, 1.165) is 25.2 Å². The van der Waals surface area contributed by atoms with Crippen molar-refractivity contribution in [1.82, 2.24) is 10.2 Å². The van der Waals surface area contributed by atoms with Gasteiger partial charge in [0.25, 0.3) is 5.89 Å². The van der Waals surface area contributed by atoms with Crippen LogP contribution in [0.1, 0.15) is 24.6 Å². The van der Waals surface area contributed by atoms with E-state index in [-0.39, 0.29) is 0 Å². The molecule has 0 atom stereocenters. The Bertz CT molecular complexity index is 304. The fourth-order valence-electron chi connectivity index (χ4n) is 1.10. The first kappa shape index (κ1) is 7.34. The van der Waals surface area contributed by atoms with Gasteiger partial charge in [0.2, 0.25) is 5.89 Å². The van der Waals surface area contributed by atoms with Gasteiger partial charge < -0.3 is 9.15 Å². The van der Waals surface area contributed by atoms with Gasteiger partial charge in [-0.3, -0.25) is 0 Å². The van der Waals surface area contributed by atoms with Crippen molar-refractivity contribution in [3.8, 4) is 0 Å². The Kier molecular flexibility index (Phi) is 1.81. The van der Waals surface area contributed by atoms with Crippen LogP contribution in [0.15, 0.2) is 10.5 Å². The Labute approximate surface area is 70.2 Å². The predicted molar refractivity (Wildman–Crippen MR) is 42.2 cm³/mol. The first-order valence-corrected chi connectivity index (χ1v) is 4.00. The summed E-state index contributed by atoms with van der Waals surface area (Å²) in [6, 6.07) is 0. The number of ether oxygens (including phenoxy) is 1. The molecule has 0 saturated carbocycles. The summed E-state index contributed by atoms with van der Waals surface area (Å²) in [6.45, 7) is 2.51. The molecule has 2 heterocycles. The van der Waals surface area contributed by atoms with E-state index in [1.165, 1.54) is 0 Å². The highest BCUT2D eigenvalue weighted by Gasteiger charge is 2.12. The molecule has 1 aromatic rings. The van der Waals surface area contributed by atoms with Crippen LogP contribution in [0.25, 0.3) is 5.76 Å². The molecule has 64 valence electrons. The molecule has 1 aliphatic rings. The smallest absolute Gasteiger partial charge is 0.282 e. The molecule has 12 heavy (non-hydrogen) atoms. The number of aryl methyl sites for hydroxylation is 1. The lowest BCUT2D eigenvalue weighted by molar-refractivity contribution is 0.247. The van der Waals surface area contributed by atoms with Gasteiger partial charge in [0.05, 0.1) is 6.61 Å². The van der Waals surface area contributed by atoms with Gasteiger partial charge in [-0.25, -0.2) is 0 Å². The van der Waals surface area contributed by atoms with Crippen molar-refractivity contribution in [2.24, 2.45) is 0 Å². The maximum Gasteiger partial charge on any atom is 0.282 e. The second-order valence-corrected chi connectivity index (χ2v) is 2.69. The first-order chi connectivity index (χ1) is 5.86. The molecule has 0 N–H and O–H groups in total. The van der Waals surface area contributed by atoms with Gasteiger partial charge in [-0.1, -0.05) is 0 Å². The average Bonchev–Trinajstić information content (AvgIpc) is 2.54. The Morgan fingerprint density at radius 1 is 1.42 bits per heavy atom. The zero-order chi connectivity index (χ0) is 8.39. The van der Waals surface area contributed by atoms with Crippen LogP contribution in [-0.2, 0) is 4.74 Å². The molecular formula is C8H10N2O2. The van der Waals surface area contributed by atoms with Crippen molar-refractivity contribution in [2.45, 2.75) is 19.8 Å². The fraction of sp³-hybridized carbons (Fsp3) is 0.500. The molecule has 0 amide bonds. The summed E-state index contributed by atoms with van der Waals surface area (Å²) in [6.07, 6.45) is 4.07. The van der Waals surface area contributed by atoms with Gasteiger partial charge in [0.1, 0.15) is 0 Å². The Hall–Kier alpha value is -1.32. The molecule has 0 radical (unpaired) electrons. The molecular weight excluding hydrogens is 156 g/mol. The zero-order valence-electron chi connectivity index (χ0n) is 6.91. The standard InChI is InChI=1S/C8H10N2O2/c1-6-9-10-8(12-6)7-4-2-3-5-11-7/h4H,2-3,5H2,1H3. The highest BCUT2D eigenvalue weighted by Crippen LogP contribution is 2.19. The molecule has 0 unspecified atom stereocenters. The Morgan fingerprint density at radius 2 is 2.33 bits per heavy atom. The highest BCUT2D eigenvalue weighted by molar-refractivity contribution is 5.51. The summed E-state index contributed by atoms with van der Waals surface area (Å²) >= 11 is 0. The minimum absolute atomic E-state index is 0.493. The van der Waals surface area contributed by atoms with Gasteiger partial charge in [-0.15, -0.1) is 10.2 Å². The van der Waals surface area contributed by atoms with Crippen LogP contribution in [0.2, 0.25) is 0 Å². The number of aromatic nitrogens is 2. The lowest BCUT2D eigenvalue weighted by Gasteiger charge is -2.10. The third kappa shape index (κ3) is 1.32. The van der Waals surface area contributed by atoms with E-state index in [4.69, 9.17) is 9.15 Å². The van der Waals surface area contributed by atoms with E-state index in [1.807, 2.05) is 6.08 Å². The quantitative estimate of drug-likeness (QED) is 0.634. The van der Waals surface area contributed by atoms with Crippen LogP contribution >= 0.6 is 0 Å². The van der Waals surface area contributed by atoms with Gasteiger partial charge >= 0.3 is 0 Å². The van der Waals surface area contributed by atoms with Crippen LogP contribution in [0.3, 0.4) is 0 Å². The molecule has 4 heteroatoms. The van der Waals surface area contributed by atoms with Crippen molar-refractivity contribution >= 4 is 5.76 Å². The molecule has 0 saturated heterocycles. The minimum atomic E-state index is 0.493. The molecule has 0 spiro atoms. The SMILES string of the molecule is Cc1nnc(C2=CCCCO2)o1. The van der Waals surface area contributed by atoms with E-state index in [0.29, 0.717) is 11.8 Å². The molecule has 0 aromatic carbocycles. The lowest BCUT2D eigenvalue weighted by Crippen LogP contribution is -2.00. The summed E-state index contributed by atoms with van der Waals surface area (Å²) in [5.74, 6) is 1.79. The molecule has 1 aromatic heterocycles. The van der Waals surface area contributed by atoms with Gasteiger partial charge in [0, 0.05) is 6.92 Å². The number of nitrogens with zero attached hydrogens (tertiary/aromatic N) is 2. The summed E-state index contributed by atoms with van der Waals surface area (Å²) in [5.41, 5.74) is 0. The topological polar surface area (TPSA) is 48.2 Å². The van der Waals surface area contributed by atoms with E-state index in [2.05, 4.69) is 10.2 Å². The third-order valence-corrected chi connectivity index (χ3v) is 1.67. The lowest BCUT2D eigenvalue weighted by atomic mass is 10.2. The monoisotopic (exact) mass is 166 g/mol. The third-order valence-electron chi connectivity index (χ3n) is 1.67. The van der Waals surface area contributed by atoms with Crippen molar-refractivity contribution in [3.63, 3.8) is 0 Å². The van der Waals surface area contributed by atoms with Crippen LogP contribution in [0, 0.1) is 6.92 Å². The normalized spacial score (nSPS) is 16.9. The van der Waals surface area contributed by atoms with Crippen LogP contribution in [-0.4, -0.2) is 16.8 Å². The van der Waals surface area contributed by atoms with E-state index < -0.39 is 0 Å². The number of hydrogen-bond donors (Lipinski definition) is 0. The van der Waals surface area contributed by atoms with E-state index in [1.54, 1.807) is 6.92 Å². The molecule has 0 fully saturated rings. The van der Waals surface area contributed by atoms with Gasteiger partial charge in [0.15, 0.2) is 5.76 Å². The predicted octanol–water partition coefficient (Wildman–Crippen LogP) is 1.53.